The average Bonchev–Trinajstić information content (AvgIpc) is 2.38. The summed E-state index contributed by atoms with van der Waals surface area (Å²) in [4.78, 5) is 6.01. The van der Waals surface area contributed by atoms with Crippen molar-refractivity contribution in [1.82, 2.24) is 4.98 Å². The molecule has 1 N–H and O–H groups in total. The summed E-state index contributed by atoms with van der Waals surface area (Å²) in [6, 6.07) is 3.44. The molecule has 0 saturated carbocycles. The lowest BCUT2D eigenvalue weighted by molar-refractivity contribution is -0.179. The van der Waals surface area contributed by atoms with Gasteiger partial charge in [-0.05, 0) is 37.5 Å². The Bertz CT molecular complexity index is 426. The molecule has 0 radical (unpaired) electrons. The Morgan fingerprint density at radius 2 is 2.00 bits per heavy atom. The summed E-state index contributed by atoms with van der Waals surface area (Å²) < 4.78 is 37.7. The third-order valence-corrected chi connectivity index (χ3v) is 3.53. The normalized spacial score (nSPS) is 19.5. The van der Waals surface area contributed by atoms with Crippen LogP contribution in [0.2, 0.25) is 0 Å². The van der Waals surface area contributed by atoms with Crippen LogP contribution in [0.15, 0.2) is 18.3 Å². The van der Waals surface area contributed by atoms with Crippen LogP contribution < -0.4 is 4.90 Å². The van der Waals surface area contributed by atoms with Gasteiger partial charge in [-0.3, -0.25) is 0 Å². The molecule has 1 aromatic rings. The highest BCUT2D eigenvalue weighted by Gasteiger charge is 2.41. The first-order chi connectivity index (χ1) is 8.88. The zero-order valence-corrected chi connectivity index (χ0v) is 10.7. The number of pyridine rings is 1. The van der Waals surface area contributed by atoms with E-state index < -0.39 is 18.2 Å². The van der Waals surface area contributed by atoms with Crippen LogP contribution in [0.1, 0.15) is 31.4 Å². The Morgan fingerprint density at radius 3 is 2.53 bits per heavy atom. The highest BCUT2D eigenvalue weighted by atomic mass is 19.4. The van der Waals surface area contributed by atoms with E-state index in [2.05, 4.69) is 4.98 Å². The van der Waals surface area contributed by atoms with Crippen molar-refractivity contribution in [2.45, 2.75) is 32.0 Å². The van der Waals surface area contributed by atoms with Crippen molar-refractivity contribution in [3.63, 3.8) is 0 Å². The molecule has 1 aliphatic heterocycles. The average molecular weight is 274 g/mol. The first kappa shape index (κ1) is 14.1. The zero-order valence-electron chi connectivity index (χ0n) is 10.7. The second kappa shape index (κ2) is 5.36. The molecule has 1 fully saturated rings. The van der Waals surface area contributed by atoms with Gasteiger partial charge in [-0.25, -0.2) is 4.98 Å². The van der Waals surface area contributed by atoms with Gasteiger partial charge in [0.25, 0.3) is 0 Å². The Balaban J connectivity index is 2.03. The number of aromatic nitrogens is 1. The molecular weight excluding hydrogens is 257 g/mol. The number of hydrogen-bond donors (Lipinski definition) is 1. The van der Waals surface area contributed by atoms with E-state index in [1.807, 2.05) is 4.90 Å². The third-order valence-electron chi connectivity index (χ3n) is 3.53. The number of hydrogen-bond acceptors (Lipinski definition) is 3. The molecule has 3 nitrogen and oxygen atoms in total. The van der Waals surface area contributed by atoms with Gasteiger partial charge in [-0.1, -0.05) is 0 Å². The van der Waals surface area contributed by atoms with Gasteiger partial charge in [0.2, 0.25) is 0 Å². The molecule has 0 aromatic carbocycles. The molecule has 1 aromatic heterocycles. The maximum absolute atomic E-state index is 12.6. The number of aliphatic hydroxyl groups is 1. The lowest BCUT2D eigenvalue weighted by Gasteiger charge is -2.33. The van der Waals surface area contributed by atoms with Crippen molar-refractivity contribution in [1.29, 1.82) is 0 Å². The molecule has 1 aliphatic rings. The van der Waals surface area contributed by atoms with Crippen LogP contribution in [0, 0.1) is 5.92 Å². The maximum atomic E-state index is 12.6. The largest absolute Gasteiger partial charge is 0.391 e. The van der Waals surface area contributed by atoms with Gasteiger partial charge in [0, 0.05) is 19.3 Å². The van der Waals surface area contributed by atoms with E-state index in [9.17, 15) is 18.3 Å². The Kier molecular flexibility index (Phi) is 3.99. The number of alkyl halides is 3. The molecule has 19 heavy (non-hydrogen) atoms. The molecule has 0 spiro atoms. The monoisotopic (exact) mass is 274 g/mol. The molecule has 1 saturated heterocycles. The predicted molar refractivity (Wildman–Crippen MR) is 65.9 cm³/mol. The fourth-order valence-corrected chi connectivity index (χ4v) is 2.30. The van der Waals surface area contributed by atoms with Crippen LogP contribution in [0.5, 0.6) is 0 Å². The molecule has 2 heterocycles. The van der Waals surface area contributed by atoms with Gasteiger partial charge in [-0.2, -0.15) is 13.2 Å². The molecule has 1 atom stereocenters. The molecule has 0 bridgehead atoms. The maximum Gasteiger partial charge on any atom is 0.391 e. The van der Waals surface area contributed by atoms with Crippen molar-refractivity contribution in [3.8, 4) is 0 Å². The fourth-order valence-electron chi connectivity index (χ4n) is 2.30. The SMILES string of the molecule is CC(O)c1ccnc(N2CCC(C(F)(F)F)CC2)c1. The molecule has 6 heteroatoms. The standard InChI is InChI=1S/C13H17F3N2O/c1-9(19)10-2-5-17-12(8-10)18-6-3-11(4-7-18)13(14,15)16/h2,5,8-9,11,19H,3-4,6-7H2,1H3. The number of halogens is 3. The van der Waals surface area contributed by atoms with Crippen molar-refractivity contribution in [2.75, 3.05) is 18.0 Å². The lowest BCUT2D eigenvalue weighted by atomic mass is 9.96. The van der Waals surface area contributed by atoms with Gasteiger partial charge < -0.3 is 10.0 Å². The summed E-state index contributed by atoms with van der Waals surface area (Å²) in [5.41, 5.74) is 0.725. The smallest absolute Gasteiger partial charge is 0.389 e. The van der Waals surface area contributed by atoms with Gasteiger partial charge in [0.05, 0.1) is 12.0 Å². The fraction of sp³-hybridized carbons (Fsp3) is 0.615. The highest BCUT2D eigenvalue weighted by molar-refractivity contribution is 5.41. The van der Waals surface area contributed by atoms with Crippen LogP contribution in [-0.4, -0.2) is 29.4 Å². The van der Waals surface area contributed by atoms with Crippen LogP contribution in [-0.2, 0) is 0 Å². The Labute approximate surface area is 110 Å². The Morgan fingerprint density at radius 1 is 1.37 bits per heavy atom. The van der Waals surface area contributed by atoms with E-state index in [0.717, 1.165) is 5.56 Å². The van der Waals surface area contributed by atoms with E-state index in [1.54, 1.807) is 25.3 Å². The van der Waals surface area contributed by atoms with Crippen molar-refractivity contribution in [2.24, 2.45) is 5.92 Å². The first-order valence-electron chi connectivity index (χ1n) is 6.33. The van der Waals surface area contributed by atoms with E-state index in [4.69, 9.17) is 0 Å². The Hall–Kier alpha value is -1.30. The second-order valence-electron chi connectivity index (χ2n) is 4.93. The minimum absolute atomic E-state index is 0.101. The van der Waals surface area contributed by atoms with E-state index in [1.165, 1.54) is 0 Å². The van der Waals surface area contributed by atoms with Crippen molar-refractivity contribution < 1.29 is 18.3 Å². The molecule has 1 unspecified atom stereocenters. The number of piperidine rings is 1. The predicted octanol–water partition coefficient (Wildman–Crippen LogP) is 2.91. The number of anilines is 1. The van der Waals surface area contributed by atoms with Gasteiger partial charge in [0.1, 0.15) is 5.82 Å². The molecule has 2 rings (SSSR count). The van der Waals surface area contributed by atoms with E-state index >= 15 is 0 Å². The minimum Gasteiger partial charge on any atom is -0.389 e. The van der Waals surface area contributed by atoms with Crippen LogP contribution >= 0.6 is 0 Å². The topological polar surface area (TPSA) is 36.4 Å². The van der Waals surface area contributed by atoms with E-state index in [0.29, 0.717) is 18.9 Å². The van der Waals surface area contributed by atoms with Gasteiger partial charge in [0.15, 0.2) is 0 Å². The molecule has 106 valence electrons. The van der Waals surface area contributed by atoms with Crippen LogP contribution in [0.3, 0.4) is 0 Å². The summed E-state index contributed by atoms with van der Waals surface area (Å²) in [5, 5.41) is 9.50. The molecular formula is C13H17F3N2O. The van der Waals surface area contributed by atoms with Crippen LogP contribution in [0.25, 0.3) is 0 Å². The van der Waals surface area contributed by atoms with E-state index in [-0.39, 0.29) is 12.8 Å². The highest BCUT2D eigenvalue weighted by Crippen LogP contribution is 2.35. The lowest BCUT2D eigenvalue weighted by Crippen LogP contribution is -2.39. The van der Waals surface area contributed by atoms with Gasteiger partial charge >= 0.3 is 6.18 Å². The molecule has 0 amide bonds. The minimum atomic E-state index is -4.10. The summed E-state index contributed by atoms with van der Waals surface area (Å²) in [6.07, 6.45) is -2.92. The number of rotatable bonds is 2. The summed E-state index contributed by atoms with van der Waals surface area (Å²) in [6.45, 7) is 2.34. The summed E-state index contributed by atoms with van der Waals surface area (Å²) in [5.74, 6) is -0.567. The van der Waals surface area contributed by atoms with Crippen molar-refractivity contribution in [3.05, 3.63) is 23.9 Å². The number of aliphatic hydroxyl groups excluding tert-OH is 1. The summed E-state index contributed by atoms with van der Waals surface area (Å²) >= 11 is 0. The zero-order chi connectivity index (χ0) is 14.0. The number of nitrogens with zero attached hydrogens (tertiary/aromatic N) is 2. The quantitative estimate of drug-likeness (QED) is 0.900. The van der Waals surface area contributed by atoms with Crippen LogP contribution in [0.4, 0.5) is 19.0 Å². The second-order valence-corrected chi connectivity index (χ2v) is 4.93. The molecule has 0 aliphatic carbocycles. The third kappa shape index (κ3) is 3.37. The van der Waals surface area contributed by atoms with Gasteiger partial charge in [-0.15, -0.1) is 0 Å². The summed E-state index contributed by atoms with van der Waals surface area (Å²) in [7, 11) is 0. The first-order valence-corrected chi connectivity index (χ1v) is 6.33. The van der Waals surface area contributed by atoms with Crippen molar-refractivity contribution >= 4 is 5.82 Å².